The van der Waals surface area contributed by atoms with Gasteiger partial charge in [0.25, 0.3) is 0 Å². The molecule has 0 saturated heterocycles. The van der Waals surface area contributed by atoms with Crippen LogP contribution in [-0.2, 0) is 0 Å². The number of rotatable bonds is 0. The SMILES string of the molecule is O=C(O)O.[K+].[K+].[O-][O-]. The molecule has 38 valence electrons. The predicted octanol–water partition coefficient (Wildman–Crippen LogP) is -8.15. The first-order chi connectivity index (χ1) is 2.73. The molecule has 0 aliphatic carbocycles. The van der Waals surface area contributed by atoms with Gasteiger partial charge in [-0.3, -0.25) is 0 Å². The number of hydrogen-bond donors (Lipinski definition) is 2. The molecule has 0 atom stereocenters. The monoisotopic (exact) mass is 172 g/mol. The largest absolute Gasteiger partial charge is 1.00 e. The first-order valence-electron chi connectivity index (χ1n) is 0.818. The fourth-order valence-electron chi connectivity index (χ4n) is 0. The molecule has 0 aromatic carbocycles. The van der Waals surface area contributed by atoms with E-state index in [0.29, 0.717) is 0 Å². The normalized spacial score (nSPS) is 3.75. The van der Waals surface area contributed by atoms with Crippen molar-refractivity contribution in [1.82, 2.24) is 0 Å². The van der Waals surface area contributed by atoms with Crippen molar-refractivity contribution in [2.75, 3.05) is 0 Å². The zero-order chi connectivity index (χ0) is 5.58. The van der Waals surface area contributed by atoms with E-state index >= 15 is 0 Å². The van der Waals surface area contributed by atoms with Gasteiger partial charge in [-0.1, -0.05) is 0 Å². The van der Waals surface area contributed by atoms with Crippen LogP contribution >= 0.6 is 0 Å². The Bertz CT molecular complexity index is 33.4. The van der Waals surface area contributed by atoms with Gasteiger partial charge in [0.15, 0.2) is 0 Å². The molecule has 0 heterocycles. The Morgan fingerprint density at radius 3 is 1.12 bits per heavy atom. The third-order valence-electron chi connectivity index (χ3n) is 0. The van der Waals surface area contributed by atoms with E-state index in [9.17, 15) is 0 Å². The van der Waals surface area contributed by atoms with Gasteiger partial charge in [0.1, 0.15) is 0 Å². The van der Waals surface area contributed by atoms with Crippen molar-refractivity contribution >= 4 is 6.16 Å². The van der Waals surface area contributed by atoms with Crippen LogP contribution in [0.3, 0.4) is 0 Å². The molecule has 0 aromatic heterocycles. The summed E-state index contributed by atoms with van der Waals surface area (Å²) in [5.74, 6) is 0. The molecule has 2 N–H and O–H groups in total. The maximum absolute atomic E-state index is 8.56. The number of hydrogen-bond acceptors (Lipinski definition) is 3. The molecule has 0 spiro atoms. The van der Waals surface area contributed by atoms with E-state index in [4.69, 9.17) is 25.5 Å². The van der Waals surface area contributed by atoms with E-state index in [1.165, 1.54) is 0 Å². The van der Waals surface area contributed by atoms with Gasteiger partial charge in [-0.2, -0.15) is 0 Å². The molecule has 7 heteroatoms. The van der Waals surface area contributed by atoms with E-state index in [1.807, 2.05) is 0 Å². The van der Waals surface area contributed by atoms with Gasteiger partial charge in [-0.15, -0.1) is 0 Å². The molecule has 0 rings (SSSR count). The van der Waals surface area contributed by atoms with E-state index in [1.54, 1.807) is 0 Å². The molecule has 0 fully saturated rings. The van der Waals surface area contributed by atoms with Crippen LogP contribution < -0.4 is 113 Å². The third-order valence-corrected chi connectivity index (χ3v) is 0. The molecule has 0 saturated carbocycles. The zero-order valence-electron chi connectivity index (χ0n) is 4.62. The Morgan fingerprint density at radius 2 is 1.12 bits per heavy atom. The van der Waals surface area contributed by atoms with Crippen molar-refractivity contribution in [3.05, 3.63) is 0 Å². The Morgan fingerprint density at radius 1 is 1.12 bits per heavy atom. The second-order valence-corrected chi connectivity index (χ2v) is 0.283. The van der Waals surface area contributed by atoms with Crippen molar-refractivity contribution in [2.45, 2.75) is 0 Å². The summed E-state index contributed by atoms with van der Waals surface area (Å²) in [6.45, 7) is 0. The van der Waals surface area contributed by atoms with E-state index in [0.717, 1.165) is 0 Å². The number of carbonyl (C=O) groups is 1. The Balaban J connectivity index is -0.0000000183. The summed E-state index contributed by atoms with van der Waals surface area (Å²) in [4.78, 5) is 8.56. The van der Waals surface area contributed by atoms with Crippen LogP contribution in [-0.4, -0.2) is 16.4 Å². The summed E-state index contributed by atoms with van der Waals surface area (Å²) >= 11 is 0. The Labute approximate surface area is 131 Å². The average molecular weight is 172 g/mol. The molecule has 0 radical (unpaired) electrons. The van der Waals surface area contributed by atoms with Crippen LogP contribution in [0.1, 0.15) is 0 Å². The first kappa shape index (κ1) is 22.4. The first-order valence-corrected chi connectivity index (χ1v) is 0.818. The maximum atomic E-state index is 8.56. The van der Waals surface area contributed by atoms with Crippen molar-refractivity contribution in [2.24, 2.45) is 0 Å². The molecular weight excluding hydrogens is 170 g/mol. The van der Waals surface area contributed by atoms with E-state index < -0.39 is 6.16 Å². The van der Waals surface area contributed by atoms with E-state index in [2.05, 4.69) is 0 Å². The Kier molecular flexibility index (Phi) is 63.7. The van der Waals surface area contributed by atoms with Crippen molar-refractivity contribution in [3.8, 4) is 0 Å². The molecule has 0 aliphatic heterocycles. The summed E-state index contributed by atoms with van der Waals surface area (Å²) in [6.07, 6.45) is -1.83. The van der Waals surface area contributed by atoms with Crippen molar-refractivity contribution in [3.63, 3.8) is 0 Å². The Hall–Kier alpha value is 2.46. The molecule has 0 amide bonds. The molecule has 5 nitrogen and oxygen atoms in total. The fourth-order valence-corrected chi connectivity index (χ4v) is 0. The zero-order valence-corrected chi connectivity index (χ0v) is 10.9. The minimum atomic E-state index is -1.83. The molecule has 8 heavy (non-hydrogen) atoms. The van der Waals surface area contributed by atoms with Gasteiger partial charge in [-0.25, -0.2) is 4.79 Å². The van der Waals surface area contributed by atoms with Crippen molar-refractivity contribution in [1.29, 1.82) is 0 Å². The van der Waals surface area contributed by atoms with Gasteiger partial charge < -0.3 is 20.7 Å². The topological polar surface area (TPSA) is 104 Å². The summed E-state index contributed by atoms with van der Waals surface area (Å²) in [5, 5.41) is 27.9. The van der Waals surface area contributed by atoms with Crippen LogP contribution in [0.4, 0.5) is 4.79 Å². The van der Waals surface area contributed by atoms with Gasteiger partial charge in [0.05, 0.1) is 0 Å². The average Bonchev–Trinajstić information content (AvgIpc) is 1.41. The van der Waals surface area contributed by atoms with Crippen LogP contribution in [0.15, 0.2) is 0 Å². The smallest absolute Gasteiger partial charge is 1.00 e. The van der Waals surface area contributed by atoms with Crippen LogP contribution in [0.2, 0.25) is 0 Å². The van der Waals surface area contributed by atoms with Gasteiger partial charge >= 0.3 is 109 Å². The standard InChI is InChI=1S/CH2O3.2K.O2/c2-1(3)4;;;1-2/h(H2,2,3,4);;;/q;2*+1;-2. The summed E-state index contributed by atoms with van der Waals surface area (Å²) in [7, 11) is 0. The van der Waals surface area contributed by atoms with Crippen LogP contribution in [0.25, 0.3) is 0 Å². The predicted molar refractivity (Wildman–Crippen MR) is 10.7 cm³/mol. The van der Waals surface area contributed by atoms with Gasteiger partial charge in [0.2, 0.25) is 0 Å². The van der Waals surface area contributed by atoms with Gasteiger partial charge in [0, 0.05) is 0 Å². The van der Waals surface area contributed by atoms with Crippen LogP contribution in [0.5, 0.6) is 0 Å². The second-order valence-electron chi connectivity index (χ2n) is 0.283. The van der Waals surface area contributed by atoms with Crippen LogP contribution in [0, 0.1) is 0 Å². The second kappa shape index (κ2) is 22.7. The third kappa shape index (κ3) is 77.7. The minimum Gasteiger partial charge on any atom is -1.00 e. The van der Waals surface area contributed by atoms with Crippen molar-refractivity contribution < 1.29 is 128 Å². The summed E-state index contributed by atoms with van der Waals surface area (Å²) < 4.78 is 0. The molecule has 0 unspecified atom stereocenters. The minimum absolute atomic E-state index is 0. The molecule has 0 aliphatic rings. The van der Waals surface area contributed by atoms with E-state index in [-0.39, 0.29) is 103 Å². The quantitative estimate of drug-likeness (QED) is 0.214. The summed E-state index contributed by atoms with van der Waals surface area (Å²) in [5.41, 5.74) is 0. The molecule has 0 aromatic rings. The molecular formula is CH2K2O5. The summed E-state index contributed by atoms with van der Waals surface area (Å²) in [6, 6.07) is 0. The van der Waals surface area contributed by atoms with Gasteiger partial charge in [-0.05, 0) is 0 Å². The molecule has 0 bridgehead atoms. The number of carboxylic acid groups (broad SMARTS) is 2. The fraction of sp³-hybridized carbons (Fsp3) is 0. The maximum Gasteiger partial charge on any atom is 1.00 e.